The number of hydrogen-bond acceptors (Lipinski definition) is 4. The number of amides is 1. The van der Waals surface area contributed by atoms with Crippen molar-refractivity contribution in [3.05, 3.63) is 24.3 Å². The molecule has 1 heterocycles. The van der Waals surface area contributed by atoms with Gasteiger partial charge in [0.2, 0.25) is 6.10 Å². The Kier molecular flexibility index (Phi) is 4.39. The summed E-state index contributed by atoms with van der Waals surface area (Å²) in [4.78, 5) is 24.3. The van der Waals surface area contributed by atoms with Crippen molar-refractivity contribution in [2.24, 2.45) is 5.92 Å². The van der Waals surface area contributed by atoms with E-state index in [-0.39, 0.29) is 5.91 Å². The highest BCUT2D eigenvalue weighted by Crippen LogP contribution is 2.36. The van der Waals surface area contributed by atoms with E-state index in [1.165, 1.54) is 0 Å². The Morgan fingerprint density at radius 2 is 1.88 bits per heavy atom. The first kappa shape index (κ1) is 16.6. The van der Waals surface area contributed by atoms with Crippen LogP contribution < -0.4 is 14.8 Å². The van der Waals surface area contributed by atoms with Gasteiger partial charge in [0.15, 0.2) is 11.5 Å². The van der Waals surface area contributed by atoms with E-state index in [9.17, 15) is 14.7 Å². The maximum Gasteiger partial charge on any atom is 0.308 e. The Labute approximate surface area is 141 Å². The molecule has 0 spiro atoms. The summed E-state index contributed by atoms with van der Waals surface area (Å²) in [6.07, 6.45) is 1.75. The Morgan fingerprint density at radius 3 is 2.54 bits per heavy atom. The van der Waals surface area contributed by atoms with E-state index in [1.54, 1.807) is 19.1 Å². The van der Waals surface area contributed by atoms with E-state index in [4.69, 9.17) is 9.47 Å². The summed E-state index contributed by atoms with van der Waals surface area (Å²) in [6, 6.07) is 7.21. The number of carboxylic acid groups (broad SMARTS) is 1. The summed E-state index contributed by atoms with van der Waals surface area (Å²) in [6.45, 7) is 3.59. The lowest BCUT2D eigenvalue weighted by atomic mass is 9.73. The lowest BCUT2D eigenvalue weighted by Crippen LogP contribution is -2.60. The number of rotatable bonds is 3. The maximum atomic E-state index is 12.8. The van der Waals surface area contributed by atoms with Crippen LogP contribution in [-0.2, 0) is 9.59 Å². The molecule has 1 fully saturated rings. The summed E-state index contributed by atoms with van der Waals surface area (Å²) in [7, 11) is 0. The second-order valence-corrected chi connectivity index (χ2v) is 6.85. The molecule has 6 nitrogen and oxygen atoms in total. The van der Waals surface area contributed by atoms with Crippen LogP contribution in [0.3, 0.4) is 0 Å². The van der Waals surface area contributed by atoms with Crippen LogP contribution >= 0.6 is 0 Å². The molecule has 3 rings (SSSR count). The number of hydrogen-bond donors (Lipinski definition) is 2. The Bertz CT molecular complexity index is 646. The van der Waals surface area contributed by atoms with Crippen LogP contribution in [0.2, 0.25) is 0 Å². The number of carboxylic acids is 1. The van der Waals surface area contributed by atoms with Gasteiger partial charge >= 0.3 is 5.97 Å². The Balaban J connectivity index is 1.76. The number of carbonyl (C=O) groups is 2. The number of benzene rings is 1. The average molecular weight is 333 g/mol. The van der Waals surface area contributed by atoms with Gasteiger partial charge in [-0.25, -0.2) is 0 Å². The normalized spacial score (nSPS) is 32.0. The van der Waals surface area contributed by atoms with Gasteiger partial charge in [-0.3, -0.25) is 9.59 Å². The van der Waals surface area contributed by atoms with Crippen LogP contribution in [0.15, 0.2) is 24.3 Å². The zero-order valence-corrected chi connectivity index (χ0v) is 14.0. The highest BCUT2D eigenvalue weighted by molar-refractivity contribution is 5.84. The van der Waals surface area contributed by atoms with E-state index in [1.807, 2.05) is 19.1 Å². The smallest absolute Gasteiger partial charge is 0.308 e. The van der Waals surface area contributed by atoms with E-state index in [2.05, 4.69) is 5.32 Å². The summed E-state index contributed by atoms with van der Waals surface area (Å²) < 4.78 is 11.6. The first-order chi connectivity index (χ1) is 11.4. The van der Waals surface area contributed by atoms with Crippen LogP contribution in [0, 0.1) is 5.92 Å². The quantitative estimate of drug-likeness (QED) is 0.887. The first-order valence-corrected chi connectivity index (χ1v) is 8.38. The molecule has 130 valence electrons. The SMILES string of the molecule is C[C@@H]1Oc2ccccc2O[C@@H]1C(=O)N[C@]1(C)CCCC[C@@H]1C(=O)O. The number of para-hydroxylation sites is 2. The molecule has 0 bridgehead atoms. The molecule has 1 aliphatic heterocycles. The molecular weight excluding hydrogens is 310 g/mol. The van der Waals surface area contributed by atoms with Crippen molar-refractivity contribution in [1.82, 2.24) is 5.32 Å². The van der Waals surface area contributed by atoms with Crippen molar-refractivity contribution in [3.8, 4) is 11.5 Å². The lowest BCUT2D eigenvalue weighted by Gasteiger charge is -2.41. The van der Waals surface area contributed by atoms with Crippen molar-refractivity contribution >= 4 is 11.9 Å². The van der Waals surface area contributed by atoms with Crippen molar-refractivity contribution < 1.29 is 24.2 Å². The molecule has 2 N–H and O–H groups in total. The zero-order chi connectivity index (χ0) is 17.3. The topological polar surface area (TPSA) is 84.9 Å². The van der Waals surface area contributed by atoms with E-state index in [0.717, 1.165) is 12.8 Å². The van der Waals surface area contributed by atoms with Gasteiger partial charge in [0.25, 0.3) is 5.91 Å². The van der Waals surface area contributed by atoms with Crippen molar-refractivity contribution in [1.29, 1.82) is 0 Å². The summed E-state index contributed by atoms with van der Waals surface area (Å²) >= 11 is 0. The molecule has 6 heteroatoms. The number of nitrogens with one attached hydrogen (secondary N) is 1. The van der Waals surface area contributed by atoms with Crippen molar-refractivity contribution in [2.45, 2.75) is 57.3 Å². The van der Waals surface area contributed by atoms with Crippen molar-refractivity contribution in [3.63, 3.8) is 0 Å². The lowest BCUT2D eigenvalue weighted by molar-refractivity contribution is -0.148. The standard InChI is InChI=1S/C18H23NO5/c1-11-15(24-14-9-4-3-8-13(14)23-11)16(20)19-18(2)10-6-5-7-12(18)17(21)22/h3-4,8-9,11-12,15H,5-7,10H2,1-2H3,(H,19,20)(H,21,22)/t11-,12+,15-,18+/m0/s1. The number of ether oxygens (including phenoxy) is 2. The van der Waals surface area contributed by atoms with E-state index >= 15 is 0 Å². The fourth-order valence-electron chi connectivity index (χ4n) is 3.64. The van der Waals surface area contributed by atoms with Gasteiger partial charge in [0, 0.05) is 0 Å². The van der Waals surface area contributed by atoms with Gasteiger partial charge in [0.05, 0.1) is 11.5 Å². The average Bonchev–Trinajstić information content (AvgIpc) is 2.53. The maximum absolute atomic E-state index is 12.8. The monoisotopic (exact) mass is 333 g/mol. The van der Waals surface area contributed by atoms with Crippen LogP contribution in [-0.4, -0.2) is 34.7 Å². The predicted octanol–water partition coefficient (Wildman–Crippen LogP) is 2.36. The Hall–Kier alpha value is -2.24. The molecule has 4 atom stereocenters. The van der Waals surface area contributed by atoms with E-state index in [0.29, 0.717) is 24.3 Å². The molecule has 0 aromatic heterocycles. The minimum absolute atomic E-state index is 0.326. The molecule has 1 aromatic rings. The van der Waals surface area contributed by atoms with Crippen LogP contribution in [0.1, 0.15) is 39.5 Å². The molecule has 2 aliphatic rings. The molecule has 24 heavy (non-hydrogen) atoms. The van der Waals surface area contributed by atoms with Crippen LogP contribution in [0.4, 0.5) is 0 Å². The van der Waals surface area contributed by atoms with Gasteiger partial charge in [-0.2, -0.15) is 0 Å². The summed E-state index contributed by atoms with van der Waals surface area (Å²) in [5.41, 5.74) is -0.763. The van der Waals surface area contributed by atoms with Gasteiger partial charge < -0.3 is 19.9 Å². The number of carbonyl (C=O) groups excluding carboxylic acids is 1. The second kappa shape index (κ2) is 6.34. The summed E-state index contributed by atoms with van der Waals surface area (Å²) in [5, 5.41) is 12.4. The molecule has 1 aliphatic carbocycles. The minimum Gasteiger partial charge on any atom is -0.482 e. The van der Waals surface area contributed by atoms with Crippen LogP contribution in [0.25, 0.3) is 0 Å². The predicted molar refractivity (Wildman–Crippen MR) is 87.1 cm³/mol. The molecular formula is C18H23NO5. The second-order valence-electron chi connectivity index (χ2n) is 6.85. The van der Waals surface area contributed by atoms with Gasteiger partial charge in [0.1, 0.15) is 6.10 Å². The first-order valence-electron chi connectivity index (χ1n) is 8.38. The molecule has 0 radical (unpaired) electrons. The third-order valence-corrected chi connectivity index (χ3v) is 5.02. The molecule has 0 saturated heterocycles. The molecule has 1 saturated carbocycles. The molecule has 1 aromatic carbocycles. The molecule has 0 unspecified atom stereocenters. The number of fused-ring (bicyclic) bond motifs is 1. The van der Waals surface area contributed by atoms with Gasteiger partial charge in [-0.1, -0.05) is 25.0 Å². The molecule has 1 amide bonds. The minimum atomic E-state index is -0.864. The van der Waals surface area contributed by atoms with Crippen LogP contribution in [0.5, 0.6) is 11.5 Å². The highest BCUT2D eigenvalue weighted by Gasteiger charge is 2.45. The van der Waals surface area contributed by atoms with Gasteiger partial charge in [-0.15, -0.1) is 0 Å². The van der Waals surface area contributed by atoms with E-state index < -0.39 is 29.6 Å². The van der Waals surface area contributed by atoms with Crippen molar-refractivity contribution in [2.75, 3.05) is 0 Å². The Morgan fingerprint density at radius 1 is 1.21 bits per heavy atom. The fraction of sp³-hybridized carbons (Fsp3) is 0.556. The fourth-order valence-corrected chi connectivity index (χ4v) is 3.64. The summed E-state index contributed by atoms with van der Waals surface area (Å²) in [5.74, 6) is -0.632. The van der Waals surface area contributed by atoms with Gasteiger partial charge in [-0.05, 0) is 38.8 Å². The third-order valence-electron chi connectivity index (χ3n) is 5.02. The largest absolute Gasteiger partial charge is 0.482 e. The third kappa shape index (κ3) is 3.05. The number of aliphatic carboxylic acids is 1. The highest BCUT2D eigenvalue weighted by atomic mass is 16.6. The zero-order valence-electron chi connectivity index (χ0n) is 14.0.